The third-order valence-electron chi connectivity index (χ3n) is 3.42. The molecule has 1 aromatic rings. The zero-order valence-electron chi connectivity index (χ0n) is 13.2. The minimum atomic E-state index is 0.343. The summed E-state index contributed by atoms with van der Waals surface area (Å²) in [4.78, 5) is 13.9. The molecule has 0 saturated heterocycles. The average molecular weight is 259 g/mol. The van der Waals surface area contributed by atoms with Crippen LogP contribution in [0.4, 0.5) is 0 Å². The highest BCUT2D eigenvalue weighted by molar-refractivity contribution is 6.00. The van der Waals surface area contributed by atoms with Crippen LogP contribution in [0.25, 0.3) is 5.57 Å². The zero-order valence-corrected chi connectivity index (χ0v) is 13.2. The molecule has 3 nitrogen and oxygen atoms in total. The fourth-order valence-corrected chi connectivity index (χ4v) is 2.03. The molecule has 0 amide bonds. The lowest BCUT2D eigenvalue weighted by molar-refractivity contribution is 0.716. The Balaban J connectivity index is 3.28. The standard InChI is InChI=1S/C16H25N3/c1-8-10(3)16-18-13(6)15(14(7)19-16)12(5)17-11(4)9-2/h8,11H,9H2,1-7H3/b10-8+,17-12-. The van der Waals surface area contributed by atoms with Crippen LogP contribution in [-0.2, 0) is 0 Å². The van der Waals surface area contributed by atoms with Gasteiger partial charge in [-0.3, -0.25) is 4.99 Å². The van der Waals surface area contributed by atoms with E-state index in [2.05, 4.69) is 23.8 Å². The molecule has 1 heterocycles. The molecule has 0 fully saturated rings. The minimum Gasteiger partial charge on any atom is -0.286 e. The van der Waals surface area contributed by atoms with E-state index in [-0.39, 0.29) is 0 Å². The molecular weight excluding hydrogens is 234 g/mol. The molecule has 0 radical (unpaired) electrons. The maximum atomic E-state index is 4.70. The second-order valence-electron chi connectivity index (χ2n) is 5.04. The van der Waals surface area contributed by atoms with Crippen LogP contribution >= 0.6 is 0 Å². The van der Waals surface area contributed by atoms with Crippen LogP contribution in [0, 0.1) is 13.8 Å². The van der Waals surface area contributed by atoms with Gasteiger partial charge in [0.1, 0.15) is 0 Å². The largest absolute Gasteiger partial charge is 0.286 e. The maximum absolute atomic E-state index is 4.70. The summed E-state index contributed by atoms with van der Waals surface area (Å²) in [6.45, 7) is 14.4. The van der Waals surface area contributed by atoms with Crippen LogP contribution in [0.2, 0.25) is 0 Å². The van der Waals surface area contributed by atoms with E-state index >= 15 is 0 Å². The van der Waals surface area contributed by atoms with Gasteiger partial charge in [-0.05, 0) is 53.5 Å². The van der Waals surface area contributed by atoms with Gasteiger partial charge in [0.25, 0.3) is 0 Å². The van der Waals surface area contributed by atoms with E-state index in [0.29, 0.717) is 6.04 Å². The van der Waals surface area contributed by atoms with E-state index in [9.17, 15) is 0 Å². The van der Waals surface area contributed by atoms with E-state index in [4.69, 9.17) is 4.99 Å². The summed E-state index contributed by atoms with van der Waals surface area (Å²) in [6, 6.07) is 0.343. The lowest BCUT2D eigenvalue weighted by atomic mass is 10.1. The van der Waals surface area contributed by atoms with Gasteiger partial charge in [0.05, 0.1) is 11.4 Å². The van der Waals surface area contributed by atoms with E-state index in [1.165, 1.54) is 0 Å². The highest BCUT2D eigenvalue weighted by Gasteiger charge is 2.12. The van der Waals surface area contributed by atoms with Gasteiger partial charge in [-0.25, -0.2) is 9.97 Å². The number of aliphatic imine (C=N–C) groups is 1. The first-order valence-corrected chi connectivity index (χ1v) is 6.93. The third kappa shape index (κ3) is 3.72. The second kappa shape index (κ2) is 6.60. The van der Waals surface area contributed by atoms with E-state index < -0.39 is 0 Å². The van der Waals surface area contributed by atoms with Gasteiger partial charge in [0.15, 0.2) is 5.82 Å². The molecule has 0 aromatic carbocycles. The predicted octanol–water partition coefficient (Wildman–Crippen LogP) is 4.12. The smallest absolute Gasteiger partial charge is 0.154 e. The van der Waals surface area contributed by atoms with Crippen molar-refractivity contribution in [3.8, 4) is 0 Å². The third-order valence-corrected chi connectivity index (χ3v) is 3.42. The van der Waals surface area contributed by atoms with E-state index in [1.807, 2.05) is 40.7 Å². The van der Waals surface area contributed by atoms with Crippen molar-refractivity contribution in [1.82, 2.24) is 9.97 Å². The molecule has 0 spiro atoms. The Bertz CT molecular complexity index is 490. The van der Waals surface area contributed by atoms with Gasteiger partial charge in [0.2, 0.25) is 0 Å². The number of rotatable bonds is 4. The Morgan fingerprint density at radius 1 is 1.21 bits per heavy atom. The molecule has 3 heteroatoms. The first-order valence-electron chi connectivity index (χ1n) is 6.93. The molecule has 1 unspecified atom stereocenters. The van der Waals surface area contributed by atoms with Crippen molar-refractivity contribution in [2.24, 2.45) is 4.99 Å². The average Bonchev–Trinajstić information content (AvgIpc) is 2.36. The summed E-state index contributed by atoms with van der Waals surface area (Å²) in [5.41, 5.74) is 5.25. The van der Waals surface area contributed by atoms with Crippen molar-refractivity contribution in [2.75, 3.05) is 0 Å². The van der Waals surface area contributed by atoms with Crippen molar-refractivity contribution < 1.29 is 0 Å². The van der Waals surface area contributed by atoms with Crippen molar-refractivity contribution in [3.63, 3.8) is 0 Å². The first kappa shape index (κ1) is 15.5. The number of allylic oxidation sites excluding steroid dienone is 2. The van der Waals surface area contributed by atoms with Crippen molar-refractivity contribution in [1.29, 1.82) is 0 Å². The van der Waals surface area contributed by atoms with Crippen molar-refractivity contribution in [3.05, 3.63) is 28.9 Å². The fourth-order valence-electron chi connectivity index (χ4n) is 2.03. The summed E-state index contributed by atoms with van der Waals surface area (Å²) in [6.07, 6.45) is 3.08. The number of aryl methyl sites for hydroxylation is 2. The Morgan fingerprint density at radius 3 is 2.16 bits per heavy atom. The lowest BCUT2D eigenvalue weighted by Crippen LogP contribution is -2.11. The summed E-state index contributed by atoms with van der Waals surface area (Å²) < 4.78 is 0. The molecule has 0 bridgehead atoms. The van der Waals surface area contributed by atoms with Gasteiger partial charge in [-0.1, -0.05) is 13.0 Å². The number of hydrogen-bond acceptors (Lipinski definition) is 3. The normalized spacial score (nSPS) is 14.7. The lowest BCUT2D eigenvalue weighted by Gasteiger charge is -2.12. The highest BCUT2D eigenvalue weighted by Crippen LogP contribution is 2.16. The Morgan fingerprint density at radius 2 is 1.74 bits per heavy atom. The minimum absolute atomic E-state index is 0.343. The van der Waals surface area contributed by atoms with Crippen LogP contribution in [0.3, 0.4) is 0 Å². The molecule has 1 rings (SSSR count). The molecule has 19 heavy (non-hydrogen) atoms. The molecular formula is C16H25N3. The zero-order chi connectivity index (χ0) is 14.6. The number of hydrogen-bond donors (Lipinski definition) is 0. The van der Waals surface area contributed by atoms with Crippen molar-refractivity contribution >= 4 is 11.3 Å². The molecule has 0 aliphatic heterocycles. The Kier molecular flexibility index (Phi) is 5.40. The summed E-state index contributed by atoms with van der Waals surface area (Å²) in [7, 11) is 0. The molecule has 0 aliphatic carbocycles. The maximum Gasteiger partial charge on any atom is 0.154 e. The predicted molar refractivity (Wildman–Crippen MR) is 82.8 cm³/mol. The summed E-state index contributed by atoms with van der Waals surface area (Å²) in [5, 5.41) is 0. The molecule has 0 aliphatic rings. The van der Waals surface area contributed by atoms with Gasteiger partial charge in [-0.15, -0.1) is 0 Å². The molecule has 0 saturated carbocycles. The second-order valence-corrected chi connectivity index (χ2v) is 5.04. The molecule has 104 valence electrons. The highest BCUT2D eigenvalue weighted by atomic mass is 14.9. The van der Waals surface area contributed by atoms with Crippen LogP contribution in [-0.4, -0.2) is 21.7 Å². The summed E-state index contributed by atoms with van der Waals surface area (Å²) in [5.74, 6) is 0.817. The van der Waals surface area contributed by atoms with Gasteiger partial charge in [-0.2, -0.15) is 0 Å². The number of nitrogens with zero attached hydrogens (tertiary/aromatic N) is 3. The van der Waals surface area contributed by atoms with Crippen molar-refractivity contribution in [2.45, 2.75) is 60.9 Å². The van der Waals surface area contributed by atoms with Gasteiger partial charge >= 0.3 is 0 Å². The van der Waals surface area contributed by atoms with E-state index in [0.717, 1.165) is 40.5 Å². The Labute approximate surface area is 116 Å². The monoisotopic (exact) mass is 259 g/mol. The number of aromatic nitrogens is 2. The van der Waals surface area contributed by atoms with Crippen LogP contribution in [0.1, 0.15) is 63.8 Å². The molecule has 1 aromatic heterocycles. The van der Waals surface area contributed by atoms with Crippen LogP contribution in [0.15, 0.2) is 11.1 Å². The molecule has 1 atom stereocenters. The van der Waals surface area contributed by atoms with Crippen LogP contribution in [0.5, 0.6) is 0 Å². The van der Waals surface area contributed by atoms with E-state index in [1.54, 1.807) is 0 Å². The van der Waals surface area contributed by atoms with Gasteiger partial charge in [0, 0.05) is 17.3 Å². The topological polar surface area (TPSA) is 38.1 Å². The fraction of sp³-hybridized carbons (Fsp3) is 0.562. The Hall–Kier alpha value is -1.51. The van der Waals surface area contributed by atoms with Crippen LogP contribution < -0.4 is 0 Å². The SMILES string of the molecule is C/C=C(\C)c1nc(C)c(/C(C)=N\C(C)CC)c(C)n1. The van der Waals surface area contributed by atoms with Gasteiger partial charge < -0.3 is 0 Å². The molecule has 0 N–H and O–H groups in total. The first-order chi connectivity index (χ1) is 8.90. The summed E-state index contributed by atoms with van der Waals surface area (Å²) >= 11 is 0. The quantitative estimate of drug-likeness (QED) is 0.763.